The maximum Gasteiger partial charge on any atom is 0.305 e. The molecule has 4 rings (SSSR count). The quantitative estimate of drug-likeness (QED) is 0.264. The third-order valence-electron chi connectivity index (χ3n) is 6.88. The lowest BCUT2D eigenvalue weighted by molar-refractivity contribution is -0.143. The van der Waals surface area contributed by atoms with Gasteiger partial charge in [0.1, 0.15) is 0 Å². The Morgan fingerprint density at radius 2 is 1.39 bits per heavy atom. The van der Waals surface area contributed by atoms with E-state index in [1.165, 1.54) is 53.6 Å². The standard InChI is InChI=1S/C30H37NO2/c1-2-33-29(32)16-6-4-3-5-11-21-31-22-19-26(20-23-31)30-27-14-9-7-12-24(27)17-18-25-13-8-10-15-28(25)30/h7-10,12-15,17-18H,2-6,11,16,19-23H2,1H3. The molecular weight excluding hydrogens is 406 g/mol. The van der Waals surface area contributed by atoms with Gasteiger partial charge < -0.3 is 9.64 Å². The topological polar surface area (TPSA) is 29.5 Å². The van der Waals surface area contributed by atoms with Gasteiger partial charge in [-0.3, -0.25) is 4.79 Å². The highest BCUT2D eigenvalue weighted by atomic mass is 16.5. The molecular formula is C30H37NO2. The average molecular weight is 444 g/mol. The number of likely N-dealkylation sites (tertiary alicyclic amines) is 1. The van der Waals surface area contributed by atoms with Gasteiger partial charge in [-0.25, -0.2) is 0 Å². The predicted octanol–water partition coefficient (Wildman–Crippen LogP) is 6.97. The van der Waals surface area contributed by atoms with Gasteiger partial charge in [-0.1, -0.05) is 85.5 Å². The SMILES string of the molecule is CCOC(=O)CCCCCCCN1CCC(=C2c3ccccc3C=Cc3ccccc32)CC1. The maximum absolute atomic E-state index is 11.4. The fraction of sp³-hybridized carbons (Fsp3) is 0.433. The lowest BCUT2D eigenvalue weighted by atomic mass is 9.86. The Bertz CT molecular complexity index is 942. The van der Waals surface area contributed by atoms with Crippen LogP contribution < -0.4 is 0 Å². The summed E-state index contributed by atoms with van der Waals surface area (Å²) in [5.41, 5.74) is 8.47. The second-order valence-corrected chi connectivity index (χ2v) is 9.15. The molecule has 0 bridgehead atoms. The Kier molecular flexibility index (Phi) is 8.54. The molecule has 33 heavy (non-hydrogen) atoms. The number of carbonyl (C=O) groups excluding carboxylic acids is 1. The van der Waals surface area contributed by atoms with Gasteiger partial charge in [0.05, 0.1) is 6.61 Å². The fourth-order valence-corrected chi connectivity index (χ4v) is 5.11. The van der Waals surface area contributed by atoms with E-state index >= 15 is 0 Å². The zero-order valence-corrected chi connectivity index (χ0v) is 20.0. The highest BCUT2D eigenvalue weighted by Gasteiger charge is 2.22. The van der Waals surface area contributed by atoms with Crippen LogP contribution in [0.3, 0.4) is 0 Å². The normalized spacial score (nSPS) is 15.7. The number of ether oxygens (including phenoxy) is 1. The average Bonchev–Trinajstić information content (AvgIpc) is 3.01. The van der Waals surface area contributed by atoms with Crippen LogP contribution in [0.15, 0.2) is 54.1 Å². The lowest BCUT2D eigenvalue weighted by Gasteiger charge is -2.30. The van der Waals surface area contributed by atoms with Crippen LogP contribution in [0.5, 0.6) is 0 Å². The Morgan fingerprint density at radius 1 is 0.818 bits per heavy atom. The van der Waals surface area contributed by atoms with Gasteiger partial charge in [0.2, 0.25) is 0 Å². The Morgan fingerprint density at radius 3 is 2.03 bits per heavy atom. The number of carbonyl (C=O) groups is 1. The lowest BCUT2D eigenvalue weighted by Crippen LogP contribution is -2.32. The van der Waals surface area contributed by atoms with Crippen LogP contribution in [0, 0.1) is 0 Å². The van der Waals surface area contributed by atoms with Crippen molar-refractivity contribution in [2.75, 3.05) is 26.2 Å². The highest BCUT2D eigenvalue weighted by Crippen LogP contribution is 2.38. The summed E-state index contributed by atoms with van der Waals surface area (Å²) in [5.74, 6) is -0.0505. The van der Waals surface area contributed by atoms with Crippen molar-refractivity contribution in [3.05, 3.63) is 76.4 Å². The molecule has 0 unspecified atom stereocenters. The number of piperidine rings is 1. The molecule has 3 nitrogen and oxygen atoms in total. The molecule has 1 saturated heterocycles. The van der Waals surface area contributed by atoms with Crippen molar-refractivity contribution >= 4 is 23.7 Å². The molecule has 1 fully saturated rings. The number of unbranched alkanes of at least 4 members (excludes halogenated alkanes) is 4. The molecule has 2 aliphatic rings. The molecule has 0 amide bonds. The third-order valence-corrected chi connectivity index (χ3v) is 6.88. The van der Waals surface area contributed by atoms with E-state index in [1.54, 1.807) is 5.57 Å². The molecule has 0 N–H and O–H groups in total. The molecule has 2 aromatic rings. The molecule has 3 heteroatoms. The van der Waals surface area contributed by atoms with E-state index in [0.29, 0.717) is 13.0 Å². The van der Waals surface area contributed by atoms with E-state index in [1.807, 2.05) is 6.92 Å². The van der Waals surface area contributed by atoms with Crippen LogP contribution >= 0.6 is 0 Å². The van der Waals surface area contributed by atoms with Crippen LogP contribution in [0.1, 0.15) is 80.5 Å². The molecule has 1 aliphatic heterocycles. The summed E-state index contributed by atoms with van der Waals surface area (Å²) in [6.45, 7) is 5.85. The number of rotatable bonds is 9. The van der Waals surface area contributed by atoms with Gasteiger partial charge in [-0.15, -0.1) is 0 Å². The summed E-state index contributed by atoms with van der Waals surface area (Å²) < 4.78 is 4.99. The first-order valence-electron chi connectivity index (χ1n) is 12.7. The highest BCUT2D eigenvalue weighted by molar-refractivity contribution is 5.94. The summed E-state index contributed by atoms with van der Waals surface area (Å²) >= 11 is 0. The van der Waals surface area contributed by atoms with Gasteiger partial charge in [-0.05, 0) is 67.0 Å². The van der Waals surface area contributed by atoms with Crippen LogP contribution in [0.4, 0.5) is 0 Å². The molecule has 1 aliphatic carbocycles. The molecule has 2 aromatic carbocycles. The molecule has 0 aromatic heterocycles. The number of hydrogen-bond acceptors (Lipinski definition) is 3. The van der Waals surface area contributed by atoms with Crippen molar-refractivity contribution in [2.24, 2.45) is 0 Å². The van der Waals surface area contributed by atoms with Crippen molar-refractivity contribution < 1.29 is 9.53 Å². The first-order valence-corrected chi connectivity index (χ1v) is 12.7. The largest absolute Gasteiger partial charge is 0.466 e. The van der Waals surface area contributed by atoms with Crippen LogP contribution in [0.25, 0.3) is 17.7 Å². The monoisotopic (exact) mass is 443 g/mol. The number of hydrogen-bond donors (Lipinski definition) is 0. The molecule has 174 valence electrons. The number of esters is 1. The van der Waals surface area contributed by atoms with E-state index in [0.717, 1.165) is 38.8 Å². The summed E-state index contributed by atoms with van der Waals surface area (Å²) in [6.07, 6.45) is 13.2. The van der Waals surface area contributed by atoms with E-state index in [4.69, 9.17) is 4.74 Å². The first kappa shape index (κ1) is 23.5. The summed E-state index contributed by atoms with van der Waals surface area (Å²) in [6, 6.07) is 17.7. The smallest absolute Gasteiger partial charge is 0.305 e. The zero-order chi connectivity index (χ0) is 22.9. The van der Waals surface area contributed by atoms with E-state index in [9.17, 15) is 4.79 Å². The summed E-state index contributed by atoms with van der Waals surface area (Å²) in [5, 5.41) is 0. The molecule has 0 radical (unpaired) electrons. The van der Waals surface area contributed by atoms with Crippen LogP contribution in [-0.4, -0.2) is 37.1 Å². The Labute approximate surface area is 199 Å². The molecule has 0 saturated carbocycles. The number of fused-ring (bicyclic) bond motifs is 2. The van der Waals surface area contributed by atoms with Crippen molar-refractivity contribution in [1.29, 1.82) is 0 Å². The zero-order valence-electron chi connectivity index (χ0n) is 20.0. The van der Waals surface area contributed by atoms with Crippen LogP contribution in [0.2, 0.25) is 0 Å². The molecule has 0 spiro atoms. The third kappa shape index (κ3) is 6.23. The van der Waals surface area contributed by atoms with Crippen molar-refractivity contribution in [1.82, 2.24) is 4.90 Å². The van der Waals surface area contributed by atoms with Crippen molar-refractivity contribution in [2.45, 2.75) is 58.3 Å². The van der Waals surface area contributed by atoms with E-state index in [2.05, 4.69) is 65.6 Å². The van der Waals surface area contributed by atoms with Gasteiger partial charge in [0.25, 0.3) is 0 Å². The van der Waals surface area contributed by atoms with Gasteiger partial charge in [0, 0.05) is 19.5 Å². The molecule has 1 heterocycles. The van der Waals surface area contributed by atoms with E-state index < -0.39 is 0 Å². The van der Waals surface area contributed by atoms with Gasteiger partial charge >= 0.3 is 5.97 Å². The second-order valence-electron chi connectivity index (χ2n) is 9.15. The van der Waals surface area contributed by atoms with Crippen molar-refractivity contribution in [3.63, 3.8) is 0 Å². The Hall–Kier alpha value is -2.65. The second kappa shape index (κ2) is 12.0. The van der Waals surface area contributed by atoms with Gasteiger partial charge in [0.15, 0.2) is 0 Å². The minimum Gasteiger partial charge on any atom is -0.466 e. The number of nitrogens with zero attached hydrogens (tertiary/aromatic N) is 1. The fourth-order valence-electron chi connectivity index (χ4n) is 5.11. The minimum atomic E-state index is -0.0505. The van der Waals surface area contributed by atoms with Crippen LogP contribution in [-0.2, 0) is 9.53 Å². The number of benzene rings is 2. The minimum absolute atomic E-state index is 0.0505. The molecule has 0 atom stereocenters. The Balaban J connectivity index is 1.30. The summed E-state index contributed by atoms with van der Waals surface area (Å²) in [4.78, 5) is 14.0. The maximum atomic E-state index is 11.4. The summed E-state index contributed by atoms with van der Waals surface area (Å²) in [7, 11) is 0. The van der Waals surface area contributed by atoms with E-state index in [-0.39, 0.29) is 5.97 Å². The first-order chi connectivity index (χ1) is 16.3. The predicted molar refractivity (Wildman–Crippen MR) is 138 cm³/mol. The van der Waals surface area contributed by atoms with Crippen molar-refractivity contribution in [3.8, 4) is 0 Å². The van der Waals surface area contributed by atoms with Gasteiger partial charge in [-0.2, -0.15) is 0 Å².